The second-order valence-electron chi connectivity index (χ2n) is 11.5. The van der Waals surface area contributed by atoms with Gasteiger partial charge in [0.25, 0.3) is 5.91 Å². The van der Waals surface area contributed by atoms with Gasteiger partial charge in [-0.3, -0.25) is 4.79 Å². The number of likely N-dealkylation sites (tertiary alicyclic amines) is 1. The van der Waals surface area contributed by atoms with E-state index in [0.717, 1.165) is 72.5 Å². The van der Waals surface area contributed by atoms with Crippen LogP contribution in [-0.2, 0) is 17.6 Å². The predicted octanol–water partition coefficient (Wildman–Crippen LogP) is 5.89. The molecule has 0 unspecified atom stereocenters. The fraction of sp³-hybridized carbons (Fsp3) is 0.270. The molecule has 3 aromatic carbocycles. The summed E-state index contributed by atoms with van der Waals surface area (Å²) in [6, 6.07) is 31.6. The molecule has 7 nitrogen and oxygen atoms in total. The van der Waals surface area contributed by atoms with E-state index in [9.17, 15) is 4.79 Å². The van der Waals surface area contributed by atoms with Crippen molar-refractivity contribution in [2.45, 2.75) is 44.2 Å². The lowest BCUT2D eigenvalue weighted by Crippen LogP contribution is -2.45. The van der Waals surface area contributed by atoms with Crippen molar-refractivity contribution in [3.63, 3.8) is 0 Å². The van der Waals surface area contributed by atoms with Crippen LogP contribution in [0.15, 0.2) is 91.0 Å². The highest BCUT2D eigenvalue weighted by Crippen LogP contribution is 2.38. The second-order valence-corrected chi connectivity index (χ2v) is 11.5. The Hall–Kier alpha value is -4.93. The number of nitrogens with one attached hydrogen (secondary N) is 1. The van der Waals surface area contributed by atoms with E-state index in [1.54, 1.807) is 7.11 Å². The topological polar surface area (TPSA) is 71.8 Å². The van der Waals surface area contributed by atoms with E-state index in [-0.39, 0.29) is 5.91 Å². The molecule has 0 radical (unpaired) electrons. The largest absolute Gasteiger partial charge is 0.480 e. The number of hydrogen-bond acceptors (Lipinski definition) is 5. The standard InChI is InChI=1S/C37H35N5O2/c1-44-34-20-19-33-39-36(37(42(33)40-34)27-12-6-3-7-13-27)29-15-17-31-28(25-29)16-18-32(31)38-30-21-23-41(24-22-30)35(43)14-8-11-26-9-4-2-5-10-26/h2-7,9-10,12-13,15,17,19-20,25,30,32,38H,11,16,18,21-24H2,1H3/t32-/m0/s1. The summed E-state index contributed by atoms with van der Waals surface area (Å²) in [6.07, 6.45) is 4.57. The maximum absolute atomic E-state index is 12.7. The molecule has 7 heteroatoms. The molecule has 1 amide bonds. The minimum Gasteiger partial charge on any atom is -0.480 e. The average Bonchev–Trinajstić information content (AvgIpc) is 3.66. The predicted molar refractivity (Wildman–Crippen MR) is 172 cm³/mol. The van der Waals surface area contributed by atoms with E-state index in [4.69, 9.17) is 14.8 Å². The van der Waals surface area contributed by atoms with Crippen LogP contribution >= 0.6 is 0 Å². The van der Waals surface area contributed by atoms with Gasteiger partial charge < -0.3 is 15.0 Å². The Morgan fingerprint density at radius 2 is 1.70 bits per heavy atom. The number of piperidine rings is 1. The van der Waals surface area contributed by atoms with Gasteiger partial charge in [0.2, 0.25) is 5.88 Å². The maximum Gasteiger partial charge on any atom is 0.298 e. The first-order valence-electron chi connectivity index (χ1n) is 15.4. The molecule has 7 rings (SSSR count). The van der Waals surface area contributed by atoms with Gasteiger partial charge in [0, 0.05) is 48.8 Å². The van der Waals surface area contributed by atoms with E-state index in [1.807, 2.05) is 70.1 Å². The lowest BCUT2D eigenvalue weighted by Gasteiger charge is -2.33. The van der Waals surface area contributed by atoms with Crippen LogP contribution < -0.4 is 10.1 Å². The van der Waals surface area contributed by atoms with Crippen molar-refractivity contribution in [1.29, 1.82) is 0 Å². The van der Waals surface area contributed by atoms with Crippen LogP contribution in [0.25, 0.3) is 28.2 Å². The molecule has 0 spiro atoms. The summed E-state index contributed by atoms with van der Waals surface area (Å²) in [5, 5.41) is 8.61. The van der Waals surface area contributed by atoms with Gasteiger partial charge in [-0.2, -0.15) is 0 Å². The fourth-order valence-corrected chi connectivity index (χ4v) is 6.45. The molecular formula is C37H35N5O2. The third-order valence-corrected chi connectivity index (χ3v) is 8.75. The summed E-state index contributed by atoms with van der Waals surface area (Å²) in [5.41, 5.74) is 8.67. The number of fused-ring (bicyclic) bond motifs is 2. The first kappa shape index (κ1) is 27.9. The number of amides is 1. The zero-order valence-electron chi connectivity index (χ0n) is 24.9. The van der Waals surface area contributed by atoms with Crippen LogP contribution in [0.3, 0.4) is 0 Å². The quantitative estimate of drug-likeness (QED) is 0.254. The van der Waals surface area contributed by atoms with Gasteiger partial charge in [-0.25, -0.2) is 9.50 Å². The van der Waals surface area contributed by atoms with Crippen molar-refractivity contribution < 1.29 is 9.53 Å². The molecule has 0 bridgehead atoms. The molecule has 1 N–H and O–H groups in total. The molecule has 2 aliphatic rings. The Balaban J connectivity index is 1.04. The van der Waals surface area contributed by atoms with E-state index in [1.165, 1.54) is 11.1 Å². The third-order valence-electron chi connectivity index (χ3n) is 8.75. The molecule has 220 valence electrons. The number of nitrogens with zero attached hydrogens (tertiary/aromatic N) is 4. The van der Waals surface area contributed by atoms with E-state index in [0.29, 0.717) is 24.4 Å². The number of methoxy groups -OCH3 is 1. The van der Waals surface area contributed by atoms with Crippen LogP contribution in [0.2, 0.25) is 0 Å². The Bertz CT molecular complexity index is 1850. The van der Waals surface area contributed by atoms with E-state index < -0.39 is 0 Å². The number of hydrogen-bond donors (Lipinski definition) is 1. The zero-order chi connectivity index (χ0) is 29.9. The van der Waals surface area contributed by atoms with E-state index >= 15 is 0 Å². The molecule has 1 fully saturated rings. The fourth-order valence-electron chi connectivity index (χ4n) is 6.45. The van der Waals surface area contributed by atoms with Crippen LogP contribution in [0.1, 0.15) is 42.0 Å². The lowest BCUT2D eigenvalue weighted by atomic mass is 9.99. The number of aromatic nitrogens is 3. The van der Waals surface area contributed by atoms with Gasteiger partial charge in [-0.15, -0.1) is 5.10 Å². The summed E-state index contributed by atoms with van der Waals surface area (Å²) in [4.78, 5) is 19.6. The van der Waals surface area contributed by atoms with Crippen LogP contribution in [0.4, 0.5) is 0 Å². The molecule has 1 atom stereocenters. The third kappa shape index (κ3) is 5.69. The first-order chi connectivity index (χ1) is 21.7. The minimum atomic E-state index is -0.0615. The van der Waals surface area contributed by atoms with Crippen molar-refractivity contribution in [3.05, 3.63) is 108 Å². The van der Waals surface area contributed by atoms with Crippen molar-refractivity contribution in [2.75, 3.05) is 20.2 Å². The smallest absolute Gasteiger partial charge is 0.298 e. The number of benzene rings is 3. The van der Waals surface area contributed by atoms with Crippen LogP contribution in [0, 0.1) is 11.8 Å². The lowest BCUT2D eigenvalue weighted by molar-refractivity contribution is -0.126. The SMILES string of the molecule is COc1ccc2nc(-c3ccc4c(c3)CC[C@@H]4NC3CCN(C(=O)C#CCc4ccccc4)CC3)c(-c3ccccc3)n2n1. The summed E-state index contributed by atoms with van der Waals surface area (Å²) >= 11 is 0. The summed E-state index contributed by atoms with van der Waals surface area (Å²) in [5.74, 6) is 6.39. The molecule has 1 saturated heterocycles. The van der Waals surface area contributed by atoms with Gasteiger partial charge in [-0.1, -0.05) is 78.7 Å². The van der Waals surface area contributed by atoms with Gasteiger partial charge in [-0.05, 0) is 60.4 Å². The van der Waals surface area contributed by atoms with Crippen LogP contribution in [-0.4, -0.2) is 51.6 Å². The highest BCUT2D eigenvalue weighted by atomic mass is 16.5. The van der Waals surface area contributed by atoms with E-state index in [2.05, 4.69) is 47.5 Å². The van der Waals surface area contributed by atoms with Crippen LogP contribution in [0.5, 0.6) is 5.88 Å². The van der Waals surface area contributed by atoms with Crippen molar-refractivity contribution in [3.8, 4) is 40.2 Å². The second kappa shape index (κ2) is 12.4. The molecular weight excluding hydrogens is 546 g/mol. The number of rotatable bonds is 6. The first-order valence-corrected chi connectivity index (χ1v) is 15.4. The van der Waals surface area contributed by atoms with Crippen molar-refractivity contribution in [2.24, 2.45) is 0 Å². The van der Waals surface area contributed by atoms with Gasteiger partial charge in [0.05, 0.1) is 12.8 Å². The molecule has 0 saturated carbocycles. The Morgan fingerprint density at radius 3 is 2.48 bits per heavy atom. The molecule has 5 aromatic rings. The molecule has 2 aromatic heterocycles. The summed E-state index contributed by atoms with van der Waals surface area (Å²) in [7, 11) is 1.63. The molecule has 44 heavy (non-hydrogen) atoms. The number of carbonyl (C=O) groups is 1. The van der Waals surface area contributed by atoms with Gasteiger partial charge in [0.1, 0.15) is 5.69 Å². The minimum absolute atomic E-state index is 0.0615. The Labute approximate surface area is 257 Å². The zero-order valence-corrected chi connectivity index (χ0v) is 24.9. The normalized spacial score (nSPS) is 16.4. The highest BCUT2D eigenvalue weighted by Gasteiger charge is 2.29. The average molecular weight is 582 g/mol. The number of imidazole rings is 1. The number of ether oxygens (including phenoxy) is 1. The Kier molecular flexibility index (Phi) is 7.83. The van der Waals surface area contributed by atoms with Gasteiger partial charge in [0.15, 0.2) is 5.65 Å². The molecule has 1 aliphatic heterocycles. The maximum atomic E-state index is 12.7. The molecule has 1 aliphatic carbocycles. The number of carbonyl (C=O) groups excluding carboxylic acids is 1. The molecule has 3 heterocycles. The number of aryl methyl sites for hydroxylation is 1. The van der Waals surface area contributed by atoms with Crippen molar-refractivity contribution in [1.82, 2.24) is 24.8 Å². The van der Waals surface area contributed by atoms with Gasteiger partial charge >= 0.3 is 0 Å². The van der Waals surface area contributed by atoms with Crippen molar-refractivity contribution >= 4 is 11.6 Å². The summed E-state index contributed by atoms with van der Waals surface area (Å²) in [6.45, 7) is 1.48. The monoisotopic (exact) mass is 581 g/mol. The summed E-state index contributed by atoms with van der Waals surface area (Å²) < 4.78 is 7.30. The Morgan fingerprint density at radius 1 is 0.932 bits per heavy atom. The highest BCUT2D eigenvalue weighted by molar-refractivity contribution is 5.93.